The second-order valence-corrected chi connectivity index (χ2v) is 6.31. The van der Waals surface area contributed by atoms with E-state index in [9.17, 15) is 0 Å². The number of hydrogen-bond donors (Lipinski definition) is 1. The first-order chi connectivity index (χ1) is 9.56. The van der Waals surface area contributed by atoms with Crippen LogP contribution in [0.4, 0.5) is 0 Å². The van der Waals surface area contributed by atoms with Crippen LogP contribution in [0.15, 0.2) is 23.6 Å². The Kier molecular flexibility index (Phi) is 5.15. The molecule has 108 valence electrons. The van der Waals surface area contributed by atoms with Crippen molar-refractivity contribution in [3.63, 3.8) is 0 Å². The van der Waals surface area contributed by atoms with Gasteiger partial charge < -0.3 is 10.1 Å². The van der Waals surface area contributed by atoms with Crippen LogP contribution in [-0.4, -0.2) is 11.0 Å². The second kappa shape index (κ2) is 6.86. The van der Waals surface area contributed by atoms with Crippen LogP contribution in [-0.2, 0) is 13.2 Å². The molecule has 1 aromatic carbocycles. The van der Waals surface area contributed by atoms with Gasteiger partial charge in [-0.3, -0.25) is 0 Å². The molecule has 0 aliphatic heterocycles. The van der Waals surface area contributed by atoms with E-state index in [0.29, 0.717) is 12.6 Å². The van der Waals surface area contributed by atoms with E-state index in [4.69, 9.17) is 4.74 Å². The van der Waals surface area contributed by atoms with Gasteiger partial charge >= 0.3 is 0 Å². The molecule has 0 atom stereocenters. The van der Waals surface area contributed by atoms with Crippen LogP contribution < -0.4 is 10.1 Å². The van der Waals surface area contributed by atoms with Crippen molar-refractivity contribution in [2.75, 3.05) is 0 Å². The number of aromatic nitrogens is 1. The van der Waals surface area contributed by atoms with Gasteiger partial charge in [-0.1, -0.05) is 32.0 Å². The molecule has 0 aliphatic rings. The highest BCUT2D eigenvalue weighted by atomic mass is 32.1. The SMILES string of the molecule is Cc1nc(COc2c(C)cccc2CNC(C)C)cs1. The molecule has 0 fully saturated rings. The van der Waals surface area contributed by atoms with E-state index in [1.54, 1.807) is 11.3 Å². The van der Waals surface area contributed by atoms with Crippen molar-refractivity contribution in [2.45, 2.75) is 46.9 Å². The summed E-state index contributed by atoms with van der Waals surface area (Å²) in [7, 11) is 0. The number of ether oxygens (including phenoxy) is 1. The zero-order valence-corrected chi connectivity index (χ0v) is 13.4. The van der Waals surface area contributed by atoms with Gasteiger partial charge in [0.05, 0.1) is 10.7 Å². The van der Waals surface area contributed by atoms with Crippen LogP contribution in [0.3, 0.4) is 0 Å². The minimum Gasteiger partial charge on any atom is -0.487 e. The molecule has 0 bridgehead atoms. The van der Waals surface area contributed by atoms with Gasteiger partial charge in [-0.05, 0) is 19.4 Å². The van der Waals surface area contributed by atoms with Gasteiger partial charge in [0.2, 0.25) is 0 Å². The number of nitrogens with one attached hydrogen (secondary N) is 1. The summed E-state index contributed by atoms with van der Waals surface area (Å²) < 4.78 is 6.00. The van der Waals surface area contributed by atoms with Crippen LogP contribution in [0.25, 0.3) is 0 Å². The minimum absolute atomic E-state index is 0.463. The Morgan fingerprint density at radius 3 is 2.75 bits per heavy atom. The molecule has 4 heteroatoms. The summed E-state index contributed by atoms with van der Waals surface area (Å²) in [5, 5.41) is 6.57. The molecule has 0 aliphatic carbocycles. The van der Waals surface area contributed by atoms with Crippen molar-refractivity contribution in [1.82, 2.24) is 10.3 Å². The Morgan fingerprint density at radius 1 is 1.30 bits per heavy atom. The van der Waals surface area contributed by atoms with Crippen molar-refractivity contribution in [2.24, 2.45) is 0 Å². The number of benzene rings is 1. The molecule has 0 amide bonds. The average Bonchev–Trinajstić information content (AvgIpc) is 2.81. The number of hydrogen-bond acceptors (Lipinski definition) is 4. The predicted molar refractivity (Wildman–Crippen MR) is 84.3 cm³/mol. The third-order valence-electron chi connectivity index (χ3n) is 3.03. The predicted octanol–water partition coefficient (Wildman–Crippen LogP) is 3.84. The molecular weight excluding hydrogens is 268 g/mol. The fourth-order valence-electron chi connectivity index (χ4n) is 1.99. The van der Waals surface area contributed by atoms with Gasteiger partial charge in [-0.2, -0.15) is 0 Å². The van der Waals surface area contributed by atoms with Crippen molar-refractivity contribution in [1.29, 1.82) is 0 Å². The number of aryl methyl sites for hydroxylation is 2. The summed E-state index contributed by atoms with van der Waals surface area (Å²) in [6.45, 7) is 9.75. The molecular formula is C16H22N2OS. The smallest absolute Gasteiger partial charge is 0.131 e. The summed E-state index contributed by atoms with van der Waals surface area (Å²) in [4.78, 5) is 4.44. The van der Waals surface area contributed by atoms with Gasteiger partial charge in [-0.15, -0.1) is 11.3 Å². The van der Waals surface area contributed by atoms with E-state index in [1.165, 1.54) is 11.1 Å². The Bertz CT molecular complexity index is 563. The highest BCUT2D eigenvalue weighted by molar-refractivity contribution is 7.09. The molecule has 2 aromatic rings. The topological polar surface area (TPSA) is 34.1 Å². The molecule has 0 spiro atoms. The molecule has 3 nitrogen and oxygen atoms in total. The maximum absolute atomic E-state index is 6.00. The van der Waals surface area contributed by atoms with Crippen molar-refractivity contribution >= 4 is 11.3 Å². The summed E-state index contributed by atoms with van der Waals surface area (Å²) in [6.07, 6.45) is 0. The Labute approximate surface area is 125 Å². The maximum Gasteiger partial charge on any atom is 0.131 e. The lowest BCUT2D eigenvalue weighted by molar-refractivity contribution is 0.295. The van der Waals surface area contributed by atoms with Crippen LogP contribution in [0.2, 0.25) is 0 Å². The number of rotatable bonds is 6. The van der Waals surface area contributed by atoms with Gasteiger partial charge in [0, 0.05) is 23.5 Å². The molecule has 0 saturated heterocycles. The van der Waals surface area contributed by atoms with E-state index in [1.807, 2.05) is 6.92 Å². The first kappa shape index (κ1) is 15.0. The van der Waals surface area contributed by atoms with Crippen LogP contribution in [0, 0.1) is 13.8 Å². The third-order valence-corrected chi connectivity index (χ3v) is 3.85. The van der Waals surface area contributed by atoms with Gasteiger partial charge in [-0.25, -0.2) is 4.98 Å². The first-order valence-electron chi connectivity index (χ1n) is 6.92. The highest BCUT2D eigenvalue weighted by Crippen LogP contribution is 2.24. The number of thiazole rings is 1. The second-order valence-electron chi connectivity index (χ2n) is 5.25. The van der Waals surface area contributed by atoms with Gasteiger partial charge in [0.25, 0.3) is 0 Å². The van der Waals surface area contributed by atoms with Crippen molar-refractivity contribution in [3.8, 4) is 5.75 Å². The molecule has 0 saturated carbocycles. The van der Waals surface area contributed by atoms with E-state index < -0.39 is 0 Å². The van der Waals surface area contributed by atoms with E-state index in [2.05, 4.69) is 54.7 Å². The first-order valence-corrected chi connectivity index (χ1v) is 7.80. The summed E-state index contributed by atoms with van der Waals surface area (Å²) in [5.74, 6) is 0.978. The monoisotopic (exact) mass is 290 g/mol. The van der Waals surface area contributed by atoms with Gasteiger partial charge in [0.1, 0.15) is 12.4 Å². The van der Waals surface area contributed by atoms with Crippen molar-refractivity contribution < 1.29 is 4.74 Å². The Morgan fingerprint density at radius 2 is 2.10 bits per heavy atom. The molecule has 1 heterocycles. The molecule has 1 N–H and O–H groups in total. The molecule has 1 aromatic heterocycles. The summed E-state index contributed by atoms with van der Waals surface area (Å²) >= 11 is 1.66. The van der Waals surface area contributed by atoms with Gasteiger partial charge in [0.15, 0.2) is 0 Å². The third kappa shape index (κ3) is 4.05. The van der Waals surface area contributed by atoms with Crippen LogP contribution in [0.5, 0.6) is 5.75 Å². The average molecular weight is 290 g/mol. The highest BCUT2D eigenvalue weighted by Gasteiger charge is 2.08. The molecule has 20 heavy (non-hydrogen) atoms. The zero-order chi connectivity index (χ0) is 14.5. The minimum atomic E-state index is 0.463. The van der Waals surface area contributed by atoms with E-state index >= 15 is 0 Å². The maximum atomic E-state index is 6.00. The fourth-order valence-corrected chi connectivity index (χ4v) is 2.59. The number of para-hydroxylation sites is 1. The lowest BCUT2D eigenvalue weighted by Crippen LogP contribution is -2.22. The van der Waals surface area contributed by atoms with Crippen LogP contribution >= 0.6 is 11.3 Å². The fraction of sp³-hybridized carbons (Fsp3) is 0.438. The molecule has 0 radical (unpaired) electrons. The largest absolute Gasteiger partial charge is 0.487 e. The lowest BCUT2D eigenvalue weighted by Gasteiger charge is -2.15. The van der Waals surface area contributed by atoms with Crippen molar-refractivity contribution in [3.05, 3.63) is 45.4 Å². The zero-order valence-electron chi connectivity index (χ0n) is 12.6. The van der Waals surface area contributed by atoms with E-state index in [0.717, 1.165) is 23.0 Å². The standard InChI is InChI=1S/C16H22N2OS/c1-11(2)17-8-14-7-5-6-12(3)16(14)19-9-15-10-20-13(4)18-15/h5-7,10-11,17H,8-9H2,1-4H3. The van der Waals surface area contributed by atoms with Crippen LogP contribution in [0.1, 0.15) is 35.7 Å². The number of nitrogens with zero attached hydrogens (tertiary/aromatic N) is 1. The molecule has 2 rings (SSSR count). The normalized spacial score (nSPS) is 11.1. The lowest BCUT2D eigenvalue weighted by atomic mass is 10.1. The Balaban J connectivity index is 2.08. The summed E-state index contributed by atoms with van der Waals surface area (Å²) in [6, 6.07) is 6.74. The quantitative estimate of drug-likeness (QED) is 0.877. The molecule has 0 unspecified atom stereocenters. The van der Waals surface area contributed by atoms with E-state index in [-0.39, 0.29) is 0 Å². The summed E-state index contributed by atoms with van der Waals surface area (Å²) in [5.41, 5.74) is 3.36. The Hall–Kier alpha value is -1.39.